The molecule has 1 aromatic rings. The summed E-state index contributed by atoms with van der Waals surface area (Å²) >= 11 is 0. The lowest BCUT2D eigenvalue weighted by molar-refractivity contribution is -0.384. The Morgan fingerprint density at radius 3 is 2.86 bits per heavy atom. The first kappa shape index (κ1) is 15.0. The van der Waals surface area contributed by atoms with Crippen molar-refractivity contribution in [3.63, 3.8) is 0 Å². The van der Waals surface area contributed by atoms with Gasteiger partial charge in [-0.1, -0.05) is 0 Å². The second-order valence-electron chi connectivity index (χ2n) is 4.76. The summed E-state index contributed by atoms with van der Waals surface area (Å²) in [5, 5.41) is 20.2. The van der Waals surface area contributed by atoms with E-state index in [1.165, 1.54) is 12.1 Å². The molecule has 0 spiro atoms. The molecule has 0 bridgehead atoms. The highest BCUT2D eigenvalue weighted by Crippen LogP contribution is 2.28. The summed E-state index contributed by atoms with van der Waals surface area (Å²) in [6, 6.07) is 4.48. The van der Waals surface area contributed by atoms with Crippen LogP contribution in [0.15, 0.2) is 18.2 Å². The molecule has 1 aromatic carbocycles. The zero-order chi connectivity index (χ0) is 15.4. The summed E-state index contributed by atoms with van der Waals surface area (Å²) in [5.74, 6) is 0. The topological polar surface area (TPSA) is 96.2 Å². The maximum absolute atomic E-state index is 11.3. The van der Waals surface area contributed by atoms with E-state index >= 15 is 0 Å². The molecular weight excluding hydrogens is 278 g/mol. The molecule has 1 heterocycles. The quantitative estimate of drug-likeness (QED) is 0.620. The number of carbonyl (C=O) groups excluding carboxylic acids is 1. The number of anilines is 1. The number of cyclic esters (lactones) is 1. The standard InChI is InChI=1S/C13H17N3O5/c1-14(4-5-15-6-7-21-13(15)18)12-8-10(9-17)2-3-11(12)16(19)20/h2-3,8,17H,4-7,9H2,1H3. The highest BCUT2D eigenvalue weighted by atomic mass is 16.6. The number of nitro groups is 1. The van der Waals surface area contributed by atoms with E-state index in [2.05, 4.69) is 0 Å². The molecule has 1 N–H and O–H groups in total. The van der Waals surface area contributed by atoms with Gasteiger partial charge in [-0.25, -0.2) is 4.79 Å². The fraction of sp³-hybridized carbons (Fsp3) is 0.462. The highest BCUT2D eigenvalue weighted by Gasteiger charge is 2.23. The summed E-state index contributed by atoms with van der Waals surface area (Å²) < 4.78 is 4.83. The van der Waals surface area contributed by atoms with Crippen LogP contribution in [0.25, 0.3) is 0 Å². The number of ether oxygens (including phenoxy) is 1. The number of amides is 1. The van der Waals surface area contributed by atoms with Crippen LogP contribution in [-0.2, 0) is 11.3 Å². The van der Waals surface area contributed by atoms with Crippen molar-refractivity contribution in [3.05, 3.63) is 33.9 Å². The Bertz CT molecular complexity index is 549. The smallest absolute Gasteiger partial charge is 0.409 e. The van der Waals surface area contributed by atoms with Crippen LogP contribution in [0.3, 0.4) is 0 Å². The van der Waals surface area contributed by atoms with Crippen molar-refractivity contribution < 1.29 is 19.6 Å². The van der Waals surface area contributed by atoms with E-state index in [1.807, 2.05) is 0 Å². The number of benzene rings is 1. The summed E-state index contributed by atoms with van der Waals surface area (Å²) in [6.45, 7) is 1.59. The number of rotatable bonds is 6. The van der Waals surface area contributed by atoms with Crippen LogP contribution >= 0.6 is 0 Å². The lowest BCUT2D eigenvalue weighted by Crippen LogP contribution is -2.34. The molecule has 1 aliphatic heterocycles. The lowest BCUT2D eigenvalue weighted by Gasteiger charge is -2.22. The van der Waals surface area contributed by atoms with Crippen LogP contribution in [0.2, 0.25) is 0 Å². The molecule has 0 atom stereocenters. The monoisotopic (exact) mass is 295 g/mol. The first-order chi connectivity index (χ1) is 10.0. The van der Waals surface area contributed by atoms with Crippen LogP contribution in [0.4, 0.5) is 16.2 Å². The van der Waals surface area contributed by atoms with E-state index in [1.54, 1.807) is 22.9 Å². The maximum atomic E-state index is 11.3. The second kappa shape index (κ2) is 6.40. The van der Waals surface area contributed by atoms with Crippen molar-refractivity contribution in [3.8, 4) is 0 Å². The van der Waals surface area contributed by atoms with Gasteiger partial charge in [0.1, 0.15) is 12.3 Å². The Morgan fingerprint density at radius 1 is 1.52 bits per heavy atom. The number of aliphatic hydroxyl groups is 1. The Balaban J connectivity index is 2.11. The van der Waals surface area contributed by atoms with Crippen molar-refractivity contribution in [1.82, 2.24) is 4.90 Å². The molecule has 0 aromatic heterocycles. The predicted molar refractivity (Wildman–Crippen MR) is 75.2 cm³/mol. The number of aliphatic hydroxyl groups excluding tert-OH is 1. The Hall–Kier alpha value is -2.35. The van der Waals surface area contributed by atoms with Gasteiger partial charge in [0.05, 0.1) is 18.1 Å². The third-order valence-corrected chi connectivity index (χ3v) is 3.38. The molecule has 8 heteroatoms. The van der Waals surface area contributed by atoms with E-state index in [0.717, 1.165) is 0 Å². The fourth-order valence-corrected chi connectivity index (χ4v) is 2.15. The van der Waals surface area contributed by atoms with Crippen molar-refractivity contribution in [2.75, 3.05) is 38.2 Å². The van der Waals surface area contributed by atoms with E-state index < -0.39 is 4.92 Å². The normalized spacial score (nSPS) is 14.2. The fourth-order valence-electron chi connectivity index (χ4n) is 2.15. The van der Waals surface area contributed by atoms with Crippen molar-refractivity contribution >= 4 is 17.5 Å². The predicted octanol–water partition coefficient (Wildman–Crippen LogP) is 0.975. The van der Waals surface area contributed by atoms with E-state index in [-0.39, 0.29) is 18.4 Å². The summed E-state index contributed by atoms with van der Waals surface area (Å²) in [5.41, 5.74) is 0.987. The average Bonchev–Trinajstić information content (AvgIpc) is 2.89. The van der Waals surface area contributed by atoms with E-state index in [9.17, 15) is 14.9 Å². The molecule has 21 heavy (non-hydrogen) atoms. The number of nitro benzene ring substituents is 1. The second-order valence-corrected chi connectivity index (χ2v) is 4.76. The molecule has 1 saturated heterocycles. The third-order valence-electron chi connectivity index (χ3n) is 3.38. The first-order valence-electron chi connectivity index (χ1n) is 6.54. The van der Waals surface area contributed by atoms with Crippen molar-refractivity contribution in [1.29, 1.82) is 0 Å². The number of hydrogen-bond acceptors (Lipinski definition) is 6. The van der Waals surface area contributed by atoms with Crippen LogP contribution in [0.1, 0.15) is 5.56 Å². The van der Waals surface area contributed by atoms with Crippen LogP contribution in [0.5, 0.6) is 0 Å². The molecule has 0 saturated carbocycles. The first-order valence-corrected chi connectivity index (χ1v) is 6.54. The summed E-state index contributed by atoms with van der Waals surface area (Å²) in [6.07, 6.45) is -0.359. The minimum Gasteiger partial charge on any atom is -0.448 e. The van der Waals surface area contributed by atoms with Crippen LogP contribution in [0, 0.1) is 10.1 Å². The van der Waals surface area contributed by atoms with Gasteiger partial charge in [0, 0.05) is 26.2 Å². The molecule has 1 fully saturated rings. The van der Waals surface area contributed by atoms with Gasteiger partial charge >= 0.3 is 6.09 Å². The van der Waals surface area contributed by atoms with Gasteiger partial charge in [-0.3, -0.25) is 10.1 Å². The molecule has 0 aliphatic carbocycles. The van der Waals surface area contributed by atoms with Gasteiger partial charge in [-0.05, 0) is 17.7 Å². The zero-order valence-corrected chi connectivity index (χ0v) is 11.7. The Kier molecular flexibility index (Phi) is 4.59. The van der Waals surface area contributed by atoms with Gasteiger partial charge in [0.25, 0.3) is 5.69 Å². The van der Waals surface area contributed by atoms with E-state index in [0.29, 0.717) is 37.5 Å². The SMILES string of the molecule is CN(CCN1CCOC1=O)c1cc(CO)ccc1[N+](=O)[O-]. The molecule has 8 nitrogen and oxygen atoms in total. The molecular formula is C13H17N3O5. The van der Waals surface area contributed by atoms with Gasteiger partial charge < -0.3 is 19.6 Å². The Labute approximate surface area is 121 Å². The third kappa shape index (κ3) is 3.40. The van der Waals surface area contributed by atoms with Gasteiger partial charge in [-0.15, -0.1) is 0 Å². The van der Waals surface area contributed by atoms with Gasteiger partial charge in [0.15, 0.2) is 0 Å². The van der Waals surface area contributed by atoms with Crippen molar-refractivity contribution in [2.45, 2.75) is 6.61 Å². The summed E-state index contributed by atoms with van der Waals surface area (Å²) in [7, 11) is 1.71. The molecule has 0 radical (unpaired) electrons. The van der Waals surface area contributed by atoms with Crippen LogP contribution in [-0.4, -0.2) is 54.3 Å². The molecule has 1 amide bonds. The molecule has 2 rings (SSSR count). The largest absolute Gasteiger partial charge is 0.448 e. The molecule has 1 aliphatic rings. The maximum Gasteiger partial charge on any atom is 0.409 e. The molecule has 0 unspecified atom stereocenters. The number of likely N-dealkylation sites (N-methyl/N-ethyl adjacent to an activating group) is 1. The van der Waals surface area contributed by atoms with Crippen LogP contribution < -0.4 is 4.90 Å². The van der Waals surface area contributed by atoms with Crippen molar-refractivity contribution in [2.24, 2.45) is 0 Å². The number of hydrogen-bond donors (Lipinski definition) is 1. The van der Waals surface area contributed by atoms with E-state index in [4.69, 9.17) is 9.84 Å². The highest BCUT2D eigenvalue weighted by molar-refractivity contribution is 5.69. The minimum atomic E-state index is -0.461. The lowest BCUT2D eigenvalue weighted by atomic mass is 10.1. The number of carbonyl (C=O) groups is 1. The number of nitrogens with zero attached hydrogens (tertiary/aromatic N) is 3. The average molecular weight is 295 g/mol. The van der Waals surface area contributed by atoms with Gasteiger partial charge in [0.2, 0.25) is 0 Å². The molecule has 114 valence electrons. The Morgan fingerprint density at radius 2 is 2.29 bits per heavy atom. The van der Waals surface area contributed by atoms with Gasteiger partial charge in [-0.2, -0.15) is 0 Å². The minimum absolute atomic E-state index is 0.0290. The zero-order valence-electron chi connectivity index (χ0n) is 11.7. The summed E-state index contributed by atoms with van der Waals surface area (Å²) in [4.78, 5) is 25.2.